The van der Waals surface area contributed by atoms with Crippen LogP contribution < -0.4 is 0 Å². The van der Waals surface area contributed by atoms with Crippen LogP contribution in [0, 0.1) is 52.4 Å². The Kier molecular flexibility index (Phi) is 16.5. The molecule has 0 nitrogen and oxygen atoms in total. The van der Waals surface area contributed by atoms with Crippen molar-refractivity contribution in [3.63, 3.8) is 0 Å². The van der Waals surface area contributed by atoms with E-state index in [9.17, 15) is 0 Å². The molecular formula is C46H42Hf+. The molecular weight excluding hydrogens is 731 g/mol. The standard InChI is InChI=1S/C25H21.3C7H7.Hf/c1-4-12-21(13-5-1)20-25(24-18-10-11-19-24,22-14-6-2-7-15-22)23-16-8-3-9-17-23;3*1-7-5-3-2-4-6-7;/h1-19H,20H2;3*2-6H,1H2;/q;3*-1;+4. The minimum absolute atomic E-state index is 0. The summed E-state index contributed by atoms with van der Waals surface area (Å²) in [6, 6.07) is 62.2. The van der Waals surface area contributed by atoms with Gasteiger partial charge in [-0.2, -0.15) is 73.9 Å². The van der Waals surface area contributed by atoms with Gasteiger partial charge in [-0.05, 0) is 54.7 Å². The molecule has 1 aliphatic carbocycles. The van der Waals surface area contributed by atoms with Gasteiger partial charge in [-0.1, -0.05) is 109 Å². The summed E-state index contributed by atoms with van der Waals surface area (Å²) in [4.78, 5) is 0. The summed E-state index contributed by atoms with van der Waals surface area (Å²) in [7, 11) is 0. The van der Waals surface area contributed by atoms with E-state index in [1.165, 1.54) is 22.6 Å². The molecule has 0 heterocycles. The second-order valence-electron chi connectivity index (χ2n) is 10.9. The van der Waals surface area contributed by atoms with Gasteiger partial charge in [0.05, 0.1) is 0 Å². The Bertz CT molecular complexity index is 1470. The summed E-state index contributed by atoms with van der Waals surface area (Å²) >= 11 is 0. The van der Waals surface area contributed by atoms with Crippen LogP contribution in [0.4, 0.5) is 0 Å². The summed E-state index contributed by atoms with van der Waals surface area (Å²) in [5, 5.41) is 0. The van der Waals surface area contributed by atoms with Crippen LogP contribution in [0.25, 0.3) is 0 Å². The second kappa shape index (κ2) is 20.8. The molecule has 229 valence electrons. The molecule has 0 aromatic heterocycles. The first kappa shape index (κ1) is 37.3. The SMILES string of the molecule is [CH2-]c1ccccc1.[CH2-]c1ccccc1.[CH2-]c1ccccc1.[CH]1[CH][CH][C](C(Cc2ccccc2)(c2ccccc2)c2ccccc2)[CH]1.[Hf+4]. The first-order valence-electron chi connectivity index (χ1n) is 15.6. The van der Waals surface area contributed by atoms with Crippen molar-refractivity contribution >= 4 is 0 Å². The smallest absolute Gasteiger partial charge is 0.199 e. The molecule has 0 amide bonds. The van der Waals surface area contributed by atoms with E-state index in [4.69, 9.17) is 0 Å². The number of hydrogen-bond donors (Lipinski definition) is 0. The average Bonchev–Trinajstić information content (AvgIpc) is 3.66. The van der Waals surface area contributed by atoms with Gasteiger partial charge in [0.1, 0.15) is 0 Å². The van der Waals surface area contributed by atoms with Gasteiger partial charge in [-0.25, -0.2) is 0 Å². The minimum atomic E-state index is -0.187. The van der Waals surface area contributed by atoms with E-state index in [1.54, 1.807) is 0 Å². The van der Waals surface area contributed by atoms with Gasteiger partial charge in [0.2, 0.25) is 0 Å². The van der Waals surface area contributed by atoms with Gasteiger partial charge >= 0.3 is 25.8 Å². The molecule has 0 saturated heterocycles. The predicted molar refractivity (Wildman–Crippen MR) is 197 cm³/mol. The topological polar surface area (TPSA) is 0 Å². The van der Waals surface area contributed by atoms with Crippen molar-refractivity contribution in [1.82, 2.24) is 0 Å². The van der Waals surface area contributed by atoms with E-state index >= 15 is 0 Å². The predicted octanol–water partition coefficient (Wildman–Crippen LogP) is 11.2. The summed E-state index contributed by atoms with van der Waals surface area (Å²) in [5.74, 6) is 1.34. The molecule has 1 heteroatoms. The van der Waals surface area contributed by atoms with E-state index in [-0.39, 0.29) is 31.3 Å². The summed E-state index contributed by atoms with van der Waals surface area (Å²) < 4.78 is 0. The van der Waals surface area contributed by atoms with E-state index in [2.05, 4.69) is 137 Å². The zero-order valence-electron chi connectivity index (χ0n) is 27.0. The van der Waals surface area contributed by atoms with Crippen molar-refractivity contribution < 1.29 is 25.8 Å². The molecule has 47 heavy (non-hydrogen) atoms. The van der Waals surface area contributed by atoms with Crippen LogP contribution in [0.3, 0.4) is 0 Å². The molecule has 7 rings (SSSR count). The average molecular weight is 773 g/mol. The van der Waals surface area contributed by atoms with Crippen LogP contribution in [0.1, 0.15) is 33.4 Å². The zero-order chi connectivity index (χ0) is 32.3. The monoisotopic (exact) mass is 774 g/mol. The number of rotatable bonds is 5. The van der Waals surface area contributed by atoms with Crippen LogP contribution in [-0.2, 0) is 37.7 Å². The first-order valence-corrected chi connectivity index (χ1v) is 15.6. The normalized spacial score (nSPS) is 12.0. The molecule has 0 atom stereocenters. The van der Waals surface area contributed by atoms with Crippen LogP contribution in [0.15, 0.2) is 182 Å². The van der Waals surface area contributed by atoms with Crippen molar-refractivity contribution in [2.45, 2.75) is 11.8 Å². The number of hydrogen-bond acceptors (Lipinski definition) is 0. The Balaban J connectivity index is 0.000000220. The summed E-state index contributed by atoms with van der Waals surface area (Å²) in [5.41, 5.74) is 7.03. The van der Waals surface area contributed by atoms with E-state index in [1.807, 2.05) is 91.0 Å². The van der Waals surface area contributed by atoms with Gasteiger partial charge in [-0.15, -0.1) is 36.4 Å². The second-order valence-corrected chi connectivity index (χ2v) is 10.9. The van der Waals surface area contributed by atoms with Gasteiger partial charge < -0.3 is 0 Å². The first-order chi connectivity index (χ1) is 22.6. The van der Waals surface area contributed by atoms with Crippen molar-refractivity contribution in [2.24, 2.45) is 0 Å². The molecule has 6 aromatic carbocycles. The fourth-order valence-electron chi connectivity index (χ4n) is 5.25. The quantitative estimate of drug-likeness (QED) is 0.121. The fraction of sp³-hybridized carbons (Fsp3) is 0.0435. The Morgan fingerprint density at radius 2 is 0.638 bits per heavy atom. The third-order valence-electron chi connectivity index (χ3n) is 7.53. The third-order valence-corrected chi connectivity index (χ3v) is 7.53. The molecule has 1 aliphatic rings. The largest absolute Gasteiger partial charge is 4.00 e. The van der Waals surface area contributed by atoms with Crippen LogP contribution in [0.2, 0.25) is 0 Å². The van der Waals surface area contributed by atoms with Gasteiger partial charge in [0.15, 0.2) is 0 Å². The maximum Gasteiger partial charge on any atom is 4.00 e. The molecule has 0 unspecified atom stereocenters. The fourth-order valence-corrected chi connectivity index (χ4v) is 5.25. The van der Waals surface area contributed by atoms with Crippen molar-refractivity contribution in [3.05, 3.63) is 268 Å². The van der Waals surface area contributed by atoms with E-state index in [0.29, 0.717) is 0 Å². The van der Waals surface area contributed by atoms with Crippen molar-refractivity contribution in [3.8, 4) is 0 Å². The Labute approximate surface area is 303 Å². The Hall–Kier alpha value is -4.20. The van der Waals surface area contributed by atoms with Gasteiger partial charge in [0, 0.05) is 5.41 Å². The zero-order valence-corrected chi connectivity index (χ0v) is 30.6. The summed E-state index contributed by atoms with van der Waals surface area (Å²) in [6.45, 7) is 11.2. The molecule has 0 spiro atoms. The molecule has 1 saturated carbocycles. The molecule has 0 bridgehead atoms. The van der Waals surface area contributed by atoms with Crippen molar-refractivity contribution in [1.29, 1.82) is 0 Å². The van der Waals surface area contributed by atoms with Crippen LogP contribution in [-0.4, -0.2) is 0 Å². The maximum atomic E-state index is 3.72. The summed E-state index contributed by atoms with van der Waals surface area (Å²) in [6.07, 6.45) is 9.72. The molecule has 0 N–H and O–H groups in total. The molecule has 5 radical (unpaired) electrons. The Morgan fingerprint density at radius 3 is 0.915 bits per heavy atom. The van der Waals surface area contributed by atoms with Crippen LogP contribution >= 0.6 is 0 Å². The van der Waals surface area contributed by atoms with Gasteiger partial charge in [-0.3, -0.25) is 0 Å². The van der Waals surface area contributed by atoms with E-state index in [0.717, 1.165) is 23.1 Å². The third kappa shape index (κ3) is 12.2. The maximum absolute atomic E-state index is 3.72. The molecule has 6 aromatic rings. The minimum Gasteiger partial charge on any atom is -0.199 e. The van der Waals surface area contributed by atoms with E-state index < -0.39 is 0 Å². The Morgan fingerprint density at radius 1 is 0.362 bits per heavy atom. The van der Waals surface area contributed by atoms with Gasteiger partial charge in [0.25, 0.3) is 0 Å². The molecule has 0 aliphatic heterocycles. The van der Waals surface area contributed by atoms with Crippen molar-refractivity contribution in [2.75, 3.05) is 0 Å². The molecule has 1 fully saturated rings. The number of benzene rings is 6. The van der Waals surface area contributed by atoms with Crippen LogP contribution in [0.5, 0.6) is 0 Å².